The van der Waals surface area contributed by atoms with Crippen LogP contribution in [0.25, 0.3) is 11.3 Å². The third-order valence-corrected chi connectivity index (χ3v) is 2.56. The van der Waals surface area contributed by atoms with Gasteiger partial charge in [0, 0.05) is 18.0 Å². The maximum atomic E-state index is 11.5. The molecule has 2 aromatic heterocycles. The lowest BCUT2D eigenvalue weighted by molar-refractivity contribution is 0.0999. The smallest absolute Gasteiger partial charge is 0.261 e. The van der Waals surface area contributed by atoms with Gasteiger partial charge in [0.15, 0.2) is 0 Å². The van der Waals surface area contributed by atoms with Crippen molar-refractivity contribution in [2.45, 2.75) is 0 Å². The quantitative estimate of drug-likeness (QED) is 0.838. The summed E-state index contributed by atoms with van der Waals surface area (Å²) in [4.78, 5) is 28.9. The maximum Gasteiger partial charge on any atom is 0.261 e. The largest absolute Gasteiger partial charge is 0.365 e. The van der Waals surface area contributed by atoms with Gasteiger partial charge in [-0.05, 0) is 18.2 Å². The van der Waals surface area contributed by atoms with Gasteiger partial charge in [-0.2, -0.15) is 0 Å². The van der Waals surface area contributed by atoms with Gasteiger partial charge in [0.2, 0.25) is 0 Å². The Morgan fingerprint density at radius 1 is 1.35 bits per heavy atom. The van der Waals surface area contributed by atoms with Gasteiger partial charge < -0.3 is 10.7 Å². The third kappa shape index (κ3) is 2.19. The molecule has 0 spiro atoms. The van der Waals surface area contributed by atoms with Gasteiger partial charge in [0.1, 0.15) is 5.56 Å². The number of pyridine rings is 2. The molecule has 2 aromatic rings. The molecule has 0 aliphatic heterocycles. The van der Waals surface area contributed by atoms with Crippen LogP contribution < -0.4 is 11.3 Å². The second-order valence-corrected chi connectivity index (χ2v) is 3.74. The molecule has 0 bridgehead atoms. The molecule has 17 heavy (non-hydrogen) atoms. The van der Waals surface area contributed by atoms with E-state index in [9.17, 15) is 9.59 Å². The molecule has 0 radical (unpaired) electrons. The molecule has 0 saturated carbocycles. The Morgan fingerprint density at radius 2 is 2.12 bits per heavy atom. The third-order valence-electron chi connectivity index (χ3n) is 2.23. The van der Waals surface area contributed by atoms with Crippen molar-refractivity contribution in [1.82, 2.24) is 9.97 Å². The van der Waals surface area contributed by atoms with Crippen LogP contribution in [-0.2, 0) is 0 Å². The summed E-state index contributed by atoms with van der Waals surface area (Å²) in [6.45, 7) is 0. The molecule has 2 rings (SSSR count). The first-order chi connectivity index (χ1) is 8.09. The molecule has 1 amide bonds. The van der Waals surface area contributed by atoms with Gasteiger partial charge in [0.25, 0.3) is 11.5 Å². The molecular formula is C11H8ClN3O2. The predicted molar refractivity (Wildman–Crippen MR) is 63.8 cm³/mol. The number of hydrogen-bond acceptors (Lipinski definition) is 3. The van der Waals surface area contributed by atoms with Gasteiger partial charge in [-0.3, -0.25) is 14.6 Å². The van der Waals surface area contributed by atoms with Crippen molar-refractivity contribution >= 4 is 17.5 Å². The molecule has 0 unspecified atom stereocenters. The number of primary amides is 1. The lowest BCUT2D eigenvalue weighted by Gasteiger charge is -2.03. The highest BCUT2D eigenvalue weighted by Crippen LogP contribution is 2.23. The Hall–Kier alpha value is -2.14. The molecule has 0 saturated heterocycles. The van der Waals surface area contributed by atoms with Crippen LogP contribution in [0.15, 0.2) is 35.4 Å². The number of aromatic amines is 1. The highest BCUT2D eigenvalue weighted by Gasteiger charge is 2.09. The zero-order chi connectivity index (χ0) is 12.4. The Kier molecular flexibility index (Phi) is 2.93. The summed E-state index contributed by atoms with van der Waals surface area (Å²) in [6.07, 6.45) is 3.07. The van der Waals surface area contributed by atoms with Crippen molar-refractivity contribution in [3.63, 3.8) is 0 Å². The molecule has 0 aliphatic carbocycles. The number of nitrogens with zero attached hydrogens (tertiary/aromatic N) is 1. The molecule has 6 heteroatoms. The average Bonchev–Trinajstić information content (AvgIpc) is 2.29. The number of rotatable bonds is 2. The van der Waals surface area contributed by atoms with Crippen molar-refractivity contribution in [1.29, 1.82) is 0 Å². The van der Waals surface area contributed by atoms with E-state index in [0.717, 1.165) is 0 Å². The Morgan fingerprint density at radius 3 is 2.71 bits per heavy atom. The van der Waals surface area contributed by atoms with Crippen molar-refractivity contribution < 1.29 is 4.79 Å². The molecule has 3 N–H and O–H groups in total. The van der Waals surface area contributed by atoms with Gasteiger partial charge in [-0.25, -0.2) is 0 Å². The lowest BCUT2D eigenvalue weighted by Crippen LogP contribution is -2.23. The van der Waals surface area contributed by atoms with Crippen LogP contribution in [0.3, 0.4) is 0 Å². The van der Waals surface area contributed by atoms with E-state index in [0.29, 0.717) is 16.3 Å². The topological polar surface area (TPSA) is 88.8 Å². The van der Waals surface area contributed by atoms with Crippen molar-refractivity contribution in [3.8, 4) is 11.3 Å². The van der Waals surface area contributed by atoms with E-state index in [1.165, 1.54) is 12.3 Å². The van der Waals surface area contributed by atoms with E-state index in [-0.39, 0.29) is 5.56 Å². The monoisotopic (exact) mass is 249 g/mol. The first-order valence-electron chi connectivity index (χ1n) is 4.72. The summed E-state index contributed by atoms with van der Waals surface area (Å²) < 4.78 is 0. The zero-order valence-electron chi connectivity index (χ0n) is 8.61. The number of amides is 1. The summed E-state index contributed by atoms with van der Waals surface area (Å²) in [5.41, 5.74) is 5.47. The van der Waals surface area contributed by atoms with Crippen LogP contribution in [0.2, 0.25) is 5.02 Å². The second-order valence-electron chi connectivity index (χ2n) is 3.33. The summed E-state index contributed by atoms with van der Waals surface area (Å²) in [5.74, 6) is -0.768. The van der Waals surface area contributed by atoms with Gasteiger partial charge >= 0.3 is 0 Å². The SMILES string of the molecule is NC(=O)c1ccc(-c2cnccc2Cl)[nH]c1=O. The summed E-state index contributed by atoms with van der Waals surface area (Å²) >= 11 is 5.96. The minimum absolute atomic E-state index is 0.0891. The minimum atomic E-state index is -0.768. The van der Waals surface area contributed by atoms with Crippen LogP contribution in [-0.4, -0.2) is 15.9 Å². The molecule has 0 aliphatic rings. The highest BCUT2D eigenvalue weighted by molar-refractivity contribution is 6.33. The van der Waals surface area contributed by atoms with E-state index in [1.807, 2.05) is 0 Å². The number of aromatic nitrogens is 2. The second kappa shape index (κ2) is 4.39. The van der Waals surface area contributed by atoms with E-state index in [1.54, 1.807) is 18.3 Å². The van der Waals surface area contributed by atoms with Gasteiger partial charge in [-0.1, -0.05) is 11.6 Å². The number of H-pyrrole nitrogens is 1. The molecule has 2 heterocycles. The fourth-order valence-electron chi connectivity index (χ4n) is 1.40. The molecule has 5 nitrogen and oxygen atoms in total. The van der Waals surface area contributed by atoms with Crippen LogP contribution in [0.4, 0.5) is 0 Å². The standard InChI is InChI=1S/C11H8ClN3O2/c12-8-3-4-14-5-7(8)9-2-1-6(10(13)16)11(17)15-9/h1-5H,(H2,13,16)(H,15,17). The van der Waals surface area contributed by atoms with Crippen molar-refractivity contribution in [2.75, 3.05) is 0 Å². The van der Waals surface area contributed by atoms with Crippen LogP contribution in [0, 0.1) is 0 Å². The minimum Gasteiger partial charge on any atom is -0.365 e. The fourth-order valence-corrected chi connectivity index (χ4v) is 1.61. The number of nitrogens with one attached hydrogen (secondary N) is 1. The van der Waals surface area contributed by atoms with E-state index in [2.05, 4.69) is 9.97 Å². The fraction of sp³-hybridized carbons (Fsp3) is 0. The molecule has 86 valence electrons. The lowest BCUT2D eigenvalue weighted by atomic mass is 10.1. The van der Waals surface area contributed by atoms with Crippen molar-refractivity contribution in [3.05, 3.63) is 51.5 Å². The number of carbonyl (C=O) groups excluding carboxylic acids is 1. The van der Waals surface area contributed by atoms with Crippen molar-refractivity contribution in [2.24, 2.45) is 5.73 Å². The van der Waals surface area contributed by atoms with E-state index >= 15 is 0 Å². The number of halogens is 1. The first-order valence-corrected chi connectivity index (χ1v) is 5.10. The van der Waals surface area contributed by atoms with Gasteiger partial charge in [0.05, 0.1) is 10.7 Å². The zero-order valence-corrected chi connectivity index (χ0v) is 9.36. The highest BCUT2D eigenvalue weighted by atomic mass is 35.5. The normalized spacial score (nSPS) is 10.2. The molecule has 0 fully saturated rings. The van der Waals surface area contributed by atoms with Crippen LogP contribution >= 0.6 is 11.6 Å². The Balaban J connectivity index is 2.57. The van der Waals surface area contributed by atoms with Crippen LogP contribution in [0.5, 0.6) is 0 Å². The number of hydrogen-bond donors (Lipinski definition) is 2. The maximum absolute atomic E-state index is 11.5. The van der Waals surface area contributed by atoms with E-state index in [4.69, 9.17) is 17.3 Å². The summed E-state index contributed by atoms with van der Waals surface area (Å²) in [5, 5.41) is 0.461. The molecule has 0 atom stereocenters. The first kappa shape index (κ1) is 11.3. The molecule has 0 aromatic carbocycles. The van der Waals surface area contributed by atoms with Crippen LogP contribution in [0.1, 0.15) is 10.4 Å². The Labute approximate surface area is 101 Å². The molecular weight excluding hydrogens is 242 g/mol. The number of nitrogens with two attached hydrogens (primary N) is 1. The predicted octanol–water partition coefficient (Wildman–Crippen LogP) is 1.19. The Bertz CT molecular complexity index is 637. The average molecular weight is 250 g/mol. The summed E-state index contributed by atoms with van der Waals surface area (Å²) in [6, 6.07) is 4.53. The number of carbonyl (C=O) groups is 1. The summed E-state index contributed by atoms with van der Waals surface area (Å²) in [7, 11) is 0. The van der Waals surface area contributed by atoms with E-state index < -0.39 is 11.5 Å². The van der Waals surface area contributed by atoms with Gasteiger partial charge in [-0.15, -0.1) is 0 Å².